The molecule has 0 saturated carbocycles. The van der Waals surface area contributed by atoms with Gasteiger partial charge in [0.2, 0.25) is 0 Å². The van der Waals surface area contributed by atoms with E-state index in [0.29, 0.717) is 5.92 Å². The van der Waals surface area contributed by atoms with Gasteiger partial charge >= 0.3 is 0 Å². The third-order valence-corrected chi connectivity index (χ3v) is 2.77. The topological polar surface area (TPSA) is 12.0 Å². The van der Waals surface area contributed by atoms with Crippen molar-refractivity contribution in [3.05, 3.63) is 29.6 Å². The van der Waals surface area contributed by atoms with Crippen molar-refractivity contribution in [2.75, 3.05) is 11.9 Å². The van der Waals surface area contributed by atoms with Crippen LogP contribution >= 0.6 is 0 Å². The zero-order chi connectivity index (χ0) is 9.26. The monoisotopic (exact) mass is 179 g/mol. The van der Waals surface area contributed by atoms with E-state index in [2.05, 4.69) is 12.2 Å². The molecule has 1 heterocycles. The van der Waals surface area contributed by atoms with E-state index in [-0.39, 0.29) is 5.82 Å². The lowest BCUT2D eigenvalue weighted by molar-refractivity contribution is 0.580. The van der Waals surface area contributed by atoms with E-state index in [0.717, 1.165) is 30.6 Å². The molecule has 0 aromatic heterocycles. The van der Waals surface area contributed by atoms with Gasteiger partial charge in [0.15, 0.2) is 0 Å². The van der Waals surface area contributed by atoms with Crippen molar-refractivity contribution in [1.82, 2.24) is 0 Å². The smallest absolute Gasteiger partial charge is 0.146 e. The van der Waals surface area contributed by atoms with E-state index in [1.165, 1.54) is 6.07 Å². The number of hydrogen-bond acceptors (Lipinski definition) is 1. The van der Waals surface area contributed by atoms with E-state index in [9.17, 15) is 4.39 Å². The number of halogens is 1. The van der Waals surface area contributed by atoms with Gasteiger partial charge in [0.1, 0.15) is 5.82 Å². The summed E-state index contributed by atoms with van der Waals surface area (Å²) in [5.41, 5.74) is 1.87. The van der Waals surface area contributed by atoms with Crippen LogP contribution in [0.3, 0.4) is 0 Å². The van der Waals surface area contributed by atoms with Crippen LogP contribution in [0.15, 0.2) is 18.2 Å². The van der Waals surface area contributed by atoms with E-state index in [1.54, 1.807) is 6.07 Å². The van der Waals surface area contributed by atoms with Crippen molar-refractivity contribution in [3.63, 3.8) is 0 Å². The Bertz CT molecular complexity index is 309. The van der Waals surface area contributed by atoms with Crippen LogP contribution < -0.4 is 5.32 Å². The Labute approximate surface area is 78.0 Å². The van der Waals surface area contributed by atoms with Crippen molar-refractivity contribution in [3.8, 4) is 0 Å². The number of nitrogens with one attached hydrogen (secondary N) is 1. The van der Waals surface area contributed by atoms with Crippen LogP contribution in [0, 0.1) is 5.82 Å². The molecular weight excluding hydrogens is 165 g/mol. The van der Waals surface area contributed by atoms with Gasteiger partial charge in [0.25, 0.3) is 0 Å². The number of anilines is 1. The molecule has 0 saturated heterocycles. The maximum Gasteiger partial charge on any atom is 0.146 e. The number of rotatable bonds is 1. The van der Waals surface area contributed by atoms with Crippen molar-refractivity contribution in [2.45, 2.75) is 25.7 Å². The van der Waals surface area contributed by atoms with Gasteiger partial charge in [-0.15, -0.1) is 0 Å². The number of para-hydroxylation sites is 1. The SMILES string of the molecule is CCC1CCNc2c(F)cccc21. The van der Waals surface area contributed by atoms with E-state index in [1.807, 2.05) is 6.07 Å². The fourth-order valence-corrected chi connectivity index (χ4v) is 2.02. The van der Waals surface area contributed by atoms with Crippen molar-refractivity contribution in [2.24, 2.45) is 0 Å². The van der Waals surface area contributed by atoms with Crippen LogP contribution in [-0.4, -0.2) is 6.54 Å². The minimum Gasteiger partial charge on any atom is -0.382 e. The number of hydrogen-bond donors (Lipinski definition) is 1. The molecule has 0 aliphatic carbocycles. The average molecular weight is 179 g/mol. The Kier molecular flexibility index (Phi) is 2.21. The summed E-state index contributed by atoms with van der Waals surface area (Å²) in [5.74, 6) is 0.419. The fourth-order valence-electron chi connectivity index (χ4n) is 2.02. The first-order valence-corrected chi connectivity index (χ1v) is 4.85. The molecular formula is C11H14FN. The first kappa shape index (κ1) is 8.54. The summed E-state index contributed by atoms with van der Waals surface area (Å²) in [6.07, 6.45) is 2.21. The summed E-state index contributed by atoms with van der Waals surface area (Å²) in [6.45, 7) is 3.05. The summed E-state index contributed by atoms with van der Waals surface area (Å²) in [4.78, 5) is 0. The molecule has 1 aromatic rings. The lowest BCUT2D eigenvalue weighted by atomic mass is 9.89. The van der Waals surface area contributed by atoms with Gasteiger partial charge in [-0.1, -0.05) is 19.1 Å². The maximum absolute atomic E-state index is 13.3. The summed E-state index contributed by atoms with van der Waals surface area (Å²) >= 11 is 0. The highest BCUT2D eigenvalue weighted by molar-refractivity contribution is 5.55. The first-order chi connectivity index (χ1) is 6.33. The van der Waals surface area contributed by atoms with E-state index >= 15 is 0 Å². The molecule has 0 spiro atoms. The largest absolute Gasteiger partial charge is 0.382 e. The molecule has 0 bridgehead atoms. The van der Waals surface area contributed by atoms with Crippen LogP contribution in [0.5, 0.6) is 0 Å². The summed E-state index contributed by atoms with van der Waals surface area (Å²) in [7, 11) is 0. The summed E-state index contributed by atoms with van der Waals surface area (Å²) < 4.78 is 13.3. The van der Waals surface area contributed by atoms with Gasteiger partial charge in [0.05, 0.1) is 5.69 Å². The lowest BCUT2D eigenvalue weighted by Gasteiger charge is -2.25. The normalized spacial score (nSPS) is 20.6. The summed E-state index contributed by atoms with van der Waals surface area (Å²) in [6, 6.07) is 5.34. The van der Waals surface area contributed by atoms with Gasteiger partial charge < -0.3 is 5.32 Å². The predicted molar refractivity (Wildman–Crippen MR) is 52.5 cm³/mol. The van der Waals surface area contributed by atoms with Crippen LogP contribution in [0.1, 0.15) is 31.2 Å². The zero-order valence-electron chi connectivity index (χ0n) is 7.81. The van der Waals surface area contributed by atoms with Crippen LogP contribution in [0.4, 0.5) is 10.1 Å². The minimum absolute atomic E-state index is 0.115. The highest BCUT2D eigenvalue weighted by Gasteiger charge is 2.20. The second-order valence-corrected chi connectivity index (χ2v) is 3.52. The quantitative estimate of drug-likeness (QED) is 0.698. The molecule has 1 nitrogen and oxygen atoms in total. The van der Waals surface area contributed by atoms with Gasteiger partial charge in [-0.2, -0.15) is 0 Å². The Hall–Kier alpha value is -1.05. The maximum atomic E-state index is 13.3. The minimum atomic E-state index is -0.115. The molecule has 2 rings (SSSR count). The molecule has 1 aliphatic rings. The fraction of sp³-hybridized carbons (Fsp3) is 0.455. The molecule has 13 heavy (non-hydrogen) atoms. The molecule has 70 valence electrons. The van der Waals surface area contributed by atoms with Gasteiger partial charge in [-0.25, -0.2) is 4.39 Å². The Morgan fingerprint density at radius 3 is 3.15 bits per heavy atom. The average Bonchev–Trinajstić information content (AvgIpc) is 2.18. The molecule has 1 N–H and O–H groups in total. The second-order valence-electron chi connectivity index (χ2n) is 3.52. The third-order valence-electron chi connectivity index (χ3n) is 2.77. The van der Waals surface area contributed by atoms with Gasteiger partial charge in [-0.3, -0.25) is 0 Å². The molecule has 0 radical (unpaired) electrons. The summed E-state index contributed by atoms with van der Waals surface area (Å²) in [5, 5.41) is 3.12. The molecule has 0 amide bonds. The van der Waals surface area contributed by atoms with E-state index in [4.69, 9.17) is 0 Å². The van der Waals surface area contributed by atoms with Gasteiger partial charge in [0, 0.05) is 6.54 Å². The van der Waals surface area contributed by atoms with Crippen LogP contribution in [0.2, 0.25) is 0 Å². The van der Waals surface area contributed by atoms with Crippen molar-refractivity contribution < 1.29 is 4.39 Å². The lowest BCUT2D eigenvalue weighted by Crippen LogP contribution is -2.17. The molecule has 2 heteroatoms. The van der Waals surface area contributed by atoms with Crippen LogP contribution in [0.25, 0.3) is 0 Å². The predicted octanol–water partition coefficient (Wildman–Crippen LogP) is 3.13. The highest BCUT2D eigenvalue weighted by atomic mass is 19.1. The molecule has 1 aliphatic heterocycles. The van der Waals surface area contributed by atoms with Crippen molar-refractivity contribution >= 4 is 5.69 Å². The third kappa shape index (κ3) is 1.41. The molecule has 0 fully saturated rings. The Balaban J connectivity index is 2.45. The molecule has 1 atom stereocenters. The first-order valence-electron chi connectivity index (χ1n) is 4.85. The number of fused-ring (bicyclic) bond motifs is 1. The van der Waals surface area contributed by atoms with Crippen molar-refractivity contribution in [1.29, 1.82) is 0 Å². The number of benzene rings is 1. The highest BCUT2D eigenvalue weighted by Crippen LogP contribution is 2.34. The van der Waals surface area contributed by atoms with Gasteiger partial charge in [-0.05, 0) is 30.4 Å². The van der Waals surface area contributed by atoms with E-state index < -0.39 is 0 Å². The molecule has 1 aromatic carbocycles. The Morgan fingerprint density at radius 1 is 1.54 bits per heavy atom. The molecule has 1 unspecified atom stereocenters. The standard InChI is InChI=1S/C11H14FN/c1-2-8-6-7-13-11-9(8)4-3-5-10(11)12/h3-5,8,13H,2,6-7H2,1H3. The zero-order valence-corrected chi connectivity index (χ0v) is 7.81. The Morgan fingerprint density at radius 2 is 2.38 bits per heavy atom. The van der Waals surface area contributed by atoms with Crippen LogP contribution in [-0.2, 0) is 0 Å². The second kappa shape index (κ2) is 3.36.